The fourth-order valence-corrected chi connectivity index (χ4v) is 19.2. The summed E-state index contributed by atoms with van der Waals surface area (Å²) >= 11 is 4.73. The van der Waals surface area contributed by atoms with Gasteiger partial charge in [0, 0.05) is 0 Å². The fourth-order valence-electron chi connectivity index (χ4n) is 7.12. The van der Waals surface area contributed by atoms with E-state index in [0.29, 0.717) is 6.61 Å². The van der Waals surface area contributed by atoms with Gasteiger partial charge in [0.25, 0.3) is 0 Å². The molecule has 3 aliphatic rings. The van der Waals surface area contributed by atoms with Gasteiger partial charge >= 0.3 is 189 Å². The van der Waals surface area contributed by atoms with E-state index < -0.39 is 5.31 Å². The van der Waals surface area contributed by atoms with E-state index in [0.717, 1.165) is 29.6 Å². The molecule has 170 valence electrons. The number of hydrogen-bond acceptors (Lipinski definition) is 2. The third-order valence-electron chi connectivity index (χ3n) is 8.65. The SMILES string of the molecule is CCCCCOC(=O)CP(Br)(C1CCCCC1)(C1CCCCC1)C1CCCCC1. The molecule has 0 aromatic heterocycles. The van der Waals surface area contributed by atoms with E-state index in [2.05, 4.69) is 6.92 Å². The molecule has 2 nitrogen and oxygen atoms in total. The Morgan fingerprint density at radius 3 is 1.55 bits per heavy atom. The maximum absolute atomic E-state index is 13.3. The zero-order valence-electron chi connectivity index (χ0n) is 19.0. The van der Waals surface area contributed by atoms with E-state index in [1.54, 1.807) is 0 Å². The van der Waals surface area contributed by atoms with Crippen LogP contribution in [0.4, 0.5) is 0 Å². The molecule has 0 N–H and O–H groups in total. The fraction of sp³-hybridized carbons (Fsp3) is 0.960. The molecule has 3 rings (SSSR count). The minimum absolute atomic E-state index is 0.136. The molecule has 0 radical (unpaired) electrons. The summed E-state index contributed by atoms with van der Waals surface area (Å²) in [5.74, 6) is 0.136. The zero-order valence-corrected chi connectivity index (χ0v) is 21.5. The van der Waals surface area contributed by atoms with Gasteiger partial charge in [0.15, 0.2) is 0 Å². The Hall–Kier alpha value is 0.380. The molecule has 0 unspecified atom stereocenters. The summed E-state index contributed by atoms with van der Waals surface area (Å²) in [5.41, 5.74) is 2.30. The number of carbonyl (C=O) groups is 1. The Labute approximate surface area is 188 Å². The normalized spacial score (nSPS) is 24.7. The van der Waals surface area contributed by atoms with Gasteiger partial charge in [0.05, 0.1) is 0 Å². The molecular formula is C25H46BrO2P. The third-order valence-corrected chi connectivity index (χ3v) is 22.0. The van der Waals surface area contributed by atoms with Gasteiger partial charge in [-0.25, -0.2) is 0 Å². The third kappa shape index (κ3) is 5.42. The summed E-state index contributed by atoms with van der Waals surface area (Å²) in [5, 5.41) is -2.40. The molecule has 0 saturated heterocycles. The van der Waals surface area contributed by atoms with Crippen LogP contribution in [0.2, 0.25) is 0 Å². The molecule has 0 heterocycles. The van der Waals surface area contributed by atoms with Crippen LogP contribution in [0.3, 0.4) is 0 Å². The van der Waals surface area contributed by atoms with Gasteiger partial charge in [-0.2, -0.15) is 0 Å². The summed E-state index contributed by atoms with van der Waals surface area (Å²) in [6.45, 7) is 2.84. The van der Waals surface area contributed by atoms with Gasteiger partial charge in [-0.1, -0.05) is 0 Å². The standard InChI is InChI=1S/C25H46BrO2P/c1-2-3-13-20-28-25(27)21-29(26,22-14-7-4-8-15-22,23-16-9-5-10-17-23)24-18-11-6-12-19-24/h22-24H,2-21H2,1H3. The van der Waals surface area contributed by atoms with E-state index in [-0.39, 0.29) is 5.97 Å². The Morgan fingerprint density at radius 1 is 0.759 bits per heavy atom. The molecule has 0 aromatic rings. The van der Waals surface area contributed by atoms with Crippen molar-refractivity contribution in [3.63, 3.8) is 0 Å². The van der Waals surface area contributed by atoms with E-state index in [9.17, 15) is 4.79 Å². The van der Waals surface area contributed by atoms with Crippen molar-refractivity contribution in [3.05, 3.63) is 0 Å². The van der Waals surface area contributed by atoms with Crippen molar-refractivity contribution in [2.75, 3.05) is 12.8 Å². The first-order valence-corrected chi connectivity index (χ1v) is 17.6. The van der Waals surface area contributed by atoms with Crippen molar-refractivity contribution in [2.24, 2.45) is 0 Å². The van der Waals surface area contributed by atoms with Crippen LogP contribution >= 0.6 is 20.8 Å². The molecule has 4 heteroatoms. The summed E-state index contributed by atoms with van der Waals surface area (Å²) in [7, 11) is 0. The predicted molar refractivity (Wildman–Crippen MR) is 132 cm³/mol. The average Bonchev–Trinajstić information content (AvgIpc) is 2.78. The van der Waals surface area contributed by atoms with E-state index >= 15 is 0 Å². The van der Waals surface area contributed by atoms with Crippen LogP contribution in [0.25, 0.3) is 0 Å². The molecule has 0 aromatic carbocycles. The molecule has 0 aliphatic heterocycles. The number of unbranched alkanes of at least 4 members (excludes halogenated alkanes) is 2. The maximum atomic E-state index is 13.3. The first-order valence-electron chi connectivity index (χ1n) is 13.0. The Kier molecular flexibility index (Phi) is 9.37. The number of halogens is 1. The number of rotatable bonds is 9. The quantitative estimate of drug-likeness (QED) is 0.184. The second kappa shape index (κ2) is 11.3. The van der Waals surface area contributed by atoms with Crippen molar-refractivity contribution in [1.82, 2.24) is 0 Å². The molecule has 3 aliphatic carbocycles. The van der Waals surface area contributed by atoms with Crippen LogP contribution in [0.5, 0.6) is 0 Å². The molecule has 0 atom stereocenters. The van der Waals surface area contributed by atoms with Crippen LogP contribution < -0.4 is 0 Å². The summed E-state index contributed by atoms with van der Waals surface area (Å²) in [4.78, 5) is 13.3. The van der Waals surface area contributed by atoms with Crippen molar-refractivity contribution in [3.8, 4) is 0 Å². The predicted octanol–water partition coefficient (Wildman–Crippen LogP) is 8.58. The summed E-state index contributed by atoms with van der Waals surface area (Å²) < 4.78 is 5.90. The summed E-state index contributed by atoms with van der Waals surface area (Å²) in [6.07, 6.45) is 24.7. The van der Waals surface area contributed by atoms with E-state index in [1.807, 2.05) is 0 Å². The van der Waals surface area contributed by atoms with Crippen molar-refractivity contribution in [1.29, 1.82) is 0 Å². The van der Waals surface area contributed by atoms with Gasteiger partial charge in [0.1, 0.15) is 0 Å². The topological polar surface area (TPSA) is 26.3 Å². The Morgan fingerprint density at radius 2 is 1.17 bits per heavy atom. The van der Waals surface area contributed by atoms with Crippen molar-refractivity contribution < 1.29 is 9.53 Å². The molecular weight excluding hydrogens is 443 g/mol. The second-order valence-electron chi connectivity index (χ2n) is 10.4. The number of hydrogen-bond donors (Lipinski definition) is 0. The number of esters is 1. The van der Waals surface area contributed by atoms with E-state index in [4.69, 9.17) is 20.2 Å². The van der Waals surface area contributed by atoms with Gasteiger partial charge in [-0.15, -0.1) is 0 Å². The van der Waals surface area contributed by atoms with E-state index in [1.165, 1.54) is 109 Å². The van der Waals surface area contributed by atoms with Crippen LogP contribution in [0, 0.1) is 0 Å². The molecule has 3 saturated carbocycles. The first-order chi connectivity index (χ1) is 14.1. The van der Waals surface area contributed by atoms with Crippen LogP contribution in [-0.4, -0.2) is 35.7 Å². The monoisotopic (exact) mass is 488 g/mol. The van der Waals surface area contributed by atoms with Crippen LogP contribution in [-0.2, 0) is 9.53 Å². The summed E-state index contributed by atoms with van der Waals surface area (Å²) in [6, 6.07) is 0. The van der Waals surface area contributed by atoms with Crippen LogP contribution in [0.15, 0.2) is 0 Å². The van der Waals surface area contributed by atoms with Gasteiger partial charge in [-0.3, -0.25) is 0 Å². The molecule has 0 amide bonds. The zero-order chi connectivity index (χ0) is 20.6. The van der Waals surface area contributed by atoms with Crippen LogP contribution in [0.1, 0.15) is 122 Å². The Balaban J connectivity index is 1.90. The van der Waals surface area contributed by atoms with Gasteiger partial charge in [-0.05, 0) is 0 Å². The average molecular weight is 490 g/mol. The number of ether oxygens (including phenoxy) is 1. The van der Waals surface area contributed by atoms with Crippen molar-refractivity contribution >= 4 is 26.8 Å². The van der Waals surface area contributed by atoms with Gasteiger partial charge in [0.2, 0.25) is 0 Å². The second-order valence-corrected chi connectivity index (χ2v) is 20.9. The molecule has 29 heavy (non-hydrogen) atoms. The molecule has 0 spiro atoms. The minimum atomic E-state index is -2.40. The van der Waals surface area contributed by atoms with Crippen molar-refractivity contribution in [2.45, 2.75) is 139 Å². The molecule has 0 bridgehead atoms. The Bertz CT molecular complexity index is 457. The number of carbonyl (C=O) groups excluding carboxylic acids is 1. The first kappa shape index (κ1) is 24.0. The molecule has 3 fully saturated rings. The van der Waals surface area contributed by atoms with Gasteiger partial charge < -0.3 is 0 Å².